The normalized spacial score (nSPS) is 20.1. The highest BCUT2D eigenvalue weighted by molar-refractivity contribution is 7.08. The highest BCUT2D eigenvalue weighted by atomic mass is 32.1. The maximum Gasteiger partial charge on any atom is 0.0471 e. The van der Waals surface area contributed by atoms with Gasteiger partial charge in [0.25, 0.3) is 0 Å². The molecule has 1 aromatic rings. The maximum absolute atomic E-state index is 5.97. The largest absolute Gasteiger partial charge is 0.398 e. The summed E-state index contributed by atoms with van der Waals surface area (Å²) in [5.41, 5.74) is 13.7. The minimum Gasteiger partial charge on any atom is -0.398 e. The van der Waals surface area contributed by atoms with E-state index in [0.29, 0.717) is 5.92 Å². The van der Waals surface area contributed by atoms with Crippen LogP contribution >= 0.6 is 11.3 Å². The van der Waals surface area contributed by atoms with Crippen molar-refractivity contribution in [2.24, 2.45) is 11.7 Å². The average molecular weight is 168 g/mol. The second-order valence-corrected chi connectivity index (χ2v) is 3.89. The molecule has 1 atom stereocenters. The average Bonchev–Trinajstić information content (AvgIpc) is 2.74. The number of hydrogen-bond acceptors (Lipinski definition) is 3. The highest BCUT2D eigenvalue weighted by Gasteiger charge is 2.30. The highest BCUT2D eigenvalue weighted by Crippen LogP contribution is 2.41. The molecule has 1 fully saturated rings. The van der Waals surface area contributed by atoms with Crippen molar-refractivity contribution in [2.75, 3.05) is 5.73 Å². The summed E-state index contributed by atoms with van der Waals surface area (Å²) in [5.74, 6) is 0.701. The smallest absolute Gasteiger partial charge is 0.0471 e. The van der Waals surface area contributed by atoms with E-state index < -0.39 is 0 Å². The Morgan fingerprint density at radius 3 is 2.64 bits per heavy atom. The third-order valence-electron chi connectivity index (χ3n) is 2.21. The van der Waals surface area contributed by atoms with E-state index in [1.807, 2.05) is 5.38 Å². The molecule has 60 valence electrons. The Balaban J connectivity index is 2.20. The molecule has 0 aliphatic heterocycles. The van der Waals surface area contributed by atoms with Gasteiger partial charge in [-0.25, -0.2) is 0 Å². The lowest BCUT2D eigenvalue weighted by Gasteiger charge is -2.08. The summed E-state index contributed by atoms with van der Waals surface area (Å²) in [6.45, 7) is 0. The molecule has 0 amide bonds. The van der Waals surface area contributed by atoms with Crippen LogP contribution in [0.5, 0.6) is 0 Å². The number of thiophene rings is 1. The molecular formula is C8H12N2S. The minimum atomic E-state index is 0.196. The summed E-state index contributed by atoms with van der Waals surface area (Å²) in [6, 6.07) is 0.196. The summed E-state index contributed by atoms with van der Waals surface area (Å²) in [4.78, 5) is 0. The van der Waals surface area contributed by atoms with E-state index in [1.165, 1.54) is 12.8 Å². The molecular weight excluding hydrogens is 156 g/mol. The quantitative estimate of drug-likeness (QED) is 0.706. The fraction of sp³-hybridized carbons (Fsp3) is 0.500. The van der Waals surface area contributed by atoms with E-state index in [9.17, 15) is 0 Å². The van der Waals surface area contributed by atoms with Crippen molar-refractivity contribution in [1.82, 2.24) is 0 Å². The lowest BCUT2D eigenvalue weighted by Crippen LogP contribution is -2.12. The third-order valence-corrected chi connectivity index (χ3v) is 2.99. The van der Waals surface area contributed by atoms with Crippen LogP contribution in [-0.4, -0.2) is 0 Å². The van der Waals surface area contributed by atoms with Gasteiger partial charge in [-0.1, -0.05) is 0 Å². The molecule has 0 saturated heterocycles. The standard InChI is InChI=1S/C8H12N2S/c9-7-4-11-3-6(7)8(10)5-1-2-5/h3-5,8H,1-2,9-10H2/t8-/m1/s1. The van der Waals surface area contributed by atoms with Gasteiger partial charge >= 0.3 is 0 Å². The second-order valence-electron chi connectivity index (χ2n) is 3.15. The predicted molar refractivity (Wildman–Crippen MR) is 48.4 cm³/mol. The topological polar surface area (TPSA) is 52.0 Å². The first-order chi connectivity index (χ1) is 5.29. The van der Waals surface area contributed by atoms with Crippen LogP contribution in [0, 0.1) is 5.92 Å². The first-order valence-electron chi connectivity index (χ1n) is 3.86. The van der Waals surface area contributed by atoms with Gasteiger partial charge in [-0.3, -0.25) is 0 Å². The second kappa shape index (κ2) is 2.50. The number of nitrogens with two attached hydrogens (primary N) is 2. The molecule has 0 bridgehead atoms. The van der Waals surface area contributed by atoms with E-state index in [0.717, 1.165) is 11.3 Å². The lowest BCUT2D eigenvalue weighted by atomic mass is 10.1. The zero-order valence-corrected chi connectivity index (χ0v) is 7.10. The monoisotopic (exact) mass is 168 g/mol. The van der Waals surface area contributed by atoms with Crippen LogP contribution in [0.15, 0.2) is 10.8 Å². The molecule has 1 aliphatic carbocycles. The molecule has 11 heavy (non-hydrogen) atoms. The van der Waals surface area contributed by atoms with Crippen molar-refractivity contribution in [3.05, 3.63) is 16.3 Å². The van der Waals surface area contributed by atoms with Gasteiger partial charge in [0.1, 0.15) is 0 Å². The van der Waals surface area contributed by atoms with Crippen LogP contribution in [-0.2, 0) is 0 Å². The third kappa shape index (κ3) is 1.26. The lowest BCUT2D eigenvalue weighted by molar-refractivity contribution is 0.637. The zero-order chi connectivity index (χ0) is 7.84. The molecule has 3 heteroatoms. The Bertz CT molecular complexity index is 252. The van der Waals surface area contributed by atoms with E-state index in [4.69, 9.17) is 11.5 Å². The first-order valence-corrected chi connectivity index (χ1v) is 4.80. The molecule has 4 N–H and O–H groups in total. The first kappa shape index (κ1) is 7.13. The van der Waals surface area contributed by atoms with Crippen molar-refractivity contribution in [1.29, 1.82) is 0 Å². The Morgan fingerprint density at radius 2 is 2.18 bits per heavy atom. The SMILES string of the molecule is Nc1cscc1[C@H](N)C1CC1. The van der Waals surface area contributed by atoms with Crippen LogP contribution in [0.1, 0.15) is 24.4 Å². The number of hydrogen-bond donors (Lipinski definition) is 2. The van der Waals surface area contributed by atoms with Gasteiger partial charge in [0, 0.05) is 22.7 Å². The Hall–Kier alpha value is -0.540. The molecule has 1 heterocycles. The molecule has 2 rings (SSSR count). The molecule has 0 aromatic carbocycles. The van der Waals surface area contributed by atoms with Crippen molar-refractivity contribution >= 4 is 17.0 Å². The molecule has 1 saturated carbocycles. The fourth-order valence-corrected chi connectivity index (χ4v) is 2.09. The summed E-state index contributed by atoms with van der Waals surface area (Å²) in [5, 5.41) is 4.02. The molecule has 2 nitrogen and oxygen atoms in total. The predicted octanol–water partition coefficient (Wildman–Crippen LogP) is 1.74. The van der Waals surface area contributed by atoms with Crippen LogP contribution in [0.4, 0.5) is 5.69 Å². The number of anilines is 1. The summed E-state index contributed by atoms with van der Waals surface area (Å²) in [7, 11) is 0. The summed E-state index contributed by atoms with van der Waals surface area (Å²) < 4.78 is 0. The Morgan fingerprint density at radius 1 is 1.45 bits per heavy atom. The number of nitrogen functional groups attached to an aromatic ring is 1. The van der Waals surface area contributed by atoms with Gasteiger partial charge in [-0.2, -0.15) is 0 Å². The van der Waals surface area contributed by atoms with E-state index in [-0.39, 0.29) is 6.04 Å². The molecule has 0 unspecified atom stereocenters. The van der Waals surface area contributed by atoms with Gasteiger partial charge in [0.2, 0.25) is 0 Å². The summed E-state index contributed by atoms with van der Waals surface area (Å²) >= 11 is 1.63. The van der Waals surface area contributed by atoms with Crippen molar-refractivity contribution in [3.8, 4) is 0 Å². The van der Waals surface area contributed by atoms with Gasteiger partial charge in [-0.05, 0) is 24.1 Å². The molecule has 0 spiro atoms. The van der Waals surface area contributed by atoms with Crippen LogP contribution in [0.2, 0.25) is 0 Å². The van der Waals surface area contributed by atoms with Gasteiger partial charge in [-0.15, -0.1) is 11.3 Å². The minimum absolute atomic E-state index is 0.196. The van der Waals surface area contributed by atoms with Gasteiger partial charge in [0.05, 0.1) is 0 Å². The van der Waals surface area contributed by atoms with Crippen molar-refractivity contribution < 1.29 is 0 Å². The van der Waals surface area contributed by atoms with Gasteiger partial charge < -0.3 is 11.5 Å². The Labute approximate surface area is 70.2 Å². The molecule has 1 aliphatic rings. The van der Waals surface area contributed by atoms with E-state index in [1.54, 1.807) is 11.3 Å². The molecule has 1 aromatic heterocycles. The van der Waals surface area contributed by atoms with Crippen LogP contribution in [0.25, 0.3) is 0 Å². The van der Waals surface area contributed by atoms with Crippen LogP contribution in [0.3, 0.4) is 0 Å². The maximum atomic E-state index is 5.97. The fourth-order valence-electron chi connectivity index (χ4n) is 1.30. The Kier molecular flexibility index (Phi) is 1.62. The van der Waals surface area contributed by atoms with Crippen molar-refractivity contribution in [2.45, 2.75) is 18.9 Å². The van der Waals surface area contributed by atoms with E-state index >= 15 is 0 Å². The van der Waals surface area contributed by atoms with E-state index in [2.05, 4.69) is 5.38 Å². The zero-order valence-electron chi connectivity index (χ0n) is 6.29. The van der Waals surface area contributed by atoms with Crippen molar-refractivity contribution in [3.63, 3.8) is 0 Å². The summed E-state index contributed by atoms with van der Waals surface area (Å²) in [6.07, 6.45) is 2.55. The number of rotatable bonds is 2. The molecule has 0 radical (unpaired) electrons. The van der Waals surface area contributed by atoms with Gasteiger partial charge in [0.15, 0.2) is 0 Å². The van der Waals surface area contributed by atoms with Crippen LogP contribution < -0.4 is 11.5 Å².